The molecule has 2 rings (SSSR count). The summed E-state index contributed by atoms with van der Waals surface area (Å²) in [7, 11) is 0. The molecule has 90 valence electrons. The second-order valence-electron chi connectivity index (χ2n) is 4.79. The van der Waals surface area contributed by atoms with Gasteiger partial charge in [0.25, 0.3) is 0 Å². The van der Waals surface area contributed by atoms with Crippen LogP contribution in [0.5, 0.6) is 0 Å². The third-order valence-corrected chi connectivity index (χ3v) is 2.71. The van der Waals surface area contributed by atoms with Gasteiger partial charge < -0.3 is 10.1 Å². The molecule has 0 radical (unpaired) electrons. The third-order valence-electron chi connectivity index (χ3n) is 2.71. The Morgan fingerprint density at radius 1 is 1.35 bits per heavy atom. The molecule has 1 aliphatic rings. The molecule has 0 saturated carbocycles. The normalized spacial score (nSPS) is 22.0. The Hall–Kier alpha value is -1.84. The first-order valence-corrected chi connectivity index (χ1v) is 5.57. The van der Waals surface area contributed by atoms with Gasteiger partial charge in [-0.15, -0.1) is 0 Å². The van der Waals surface area contributed by atoms with Crippen molar-refractivity contribution in [2.45, 2.75) is 25.9 Å². The highest BCUT2D eigenvalue weighted by Crippen LogP contribution is 2.31. The molecule has 1 aliphatic heterocycles. The molecular formula is C13H15NO3. The number of ether oxygens (including phenoxy) is 1. The Balaban J connectivity index is 2.05. The molecule has 0 unspecified atom stereocenters. The van der Waals surface area contributed by atoms with E-state index in [4.69, 9.17) is 4.74 Å². The molecule has 4 heteroatoms. The number of hydrogen-bond donors (Lipinski definition) is 1. The van der Waals surface area contributed by atoms with Gasteiger partial charge in [0, 0.05) is 12.1 Å². The van der Waals surface area contributed by atoms with Crippen LogP contribution in [0, 0.1) is 5.92 Å². The van der Waals surface area contributed by atoms with Gasteiger partial charge in [-0.1, -0.05) is 18.2 Å². The van der Waals surface area contributed by atoms with Crippen LogP contribution in [0.1, 0.15) is 20.3 Å². The lowest BCUT2D eigenvalue weighted by atomic mass is 9.97. The Kier molecular flexibility index (Phi) is 2.88. The first kappa shape index (κ1) is 11.6. The van der Waals surface area contributed by atoms with E-state index in [1.807, 2.05) is 18.2 Å². The zero-order valence-electron chi connectivity index (χ0n) is 9.90. The molecule has 1 aromatic carbocycles. The molecular weight excluding hydrogens is 218 g/mol. The van der Waals surface area contributed by atoms with Gasteiger partial charge in [0.2, 0.25) is 5.91 Å². The van der Waals surface area contributed by atoms with Gasteiger partial charge in [-0.2, -0.15) is 0 Å². The Morgan fingerprint density at radius 2 is 2.00 bits per heavy atom. The molecule has 1 N–H and O–H groups in total. The lowest BCUT2D eigenvalue weighted by molar-refractivity contribution is -0.149. The van der Waals surface area contributed by atoms with Crippen LogP contribution in [0.3, 0.4) is 0 Å². The van der Waals surface area contributed by atoms with Crippen LogP contribution in [0.15, 0.2) is 30.3 Å². The maximum Gasteiger partial charge on any atom is 0.319 e. The maximum atomic E-state index is 11.9. The quantitative estimate of drug-likeness (QED) is 0.627. The highest BCUT2D eigenvalue weighted by atomic mass is 16.6. The minimum atomic E-state index is -0.704. The Morgan fingerprint density at radius 3 is 2.53 bits per heavy atom. The first-order chi connectivity index (χ1) is 7.98. The first-order valence-electron chi connectivity index (χ1n) is 5.57. The second-order valence-corrected chi connectivity index (χ2v) is 4.79. The number of carbonyl (C=O) groups excluding carboxylic acids is 2. The number of amides is 1. The van der Waals surface area contributed by atoms with Crippen molar-refractivity contribution in [3.8, 4) is 0 Å². The van der Waals surface area contributed by atoms with Crippen LogP contribution in [-0.2, 0) is 14.3 Å². The Bertz CT molecular complexity index is 439. The predicted octanol–water partition coefficient (Wildman–Crippen LogP) is 1.97. The van der Waals surface area contributed by atoms with E-state index in [-0.39, 0.29) is 5.91 Å². The summed E-state index contributed by atoms with van der Waals surface area (Å²) in [6.07, 6.45) is 0.421. The second kappa shape index (κ2) is 4.20. The SMILES string of the molecule is CC1(C)C[C@H](C(=O)Nc2ccccc2)C(=O)O1. The molecule has 0 aliphatic carbocycles. The highest BCUT2D eigenvalue weighted by Gasteiger charge is 2.44. The predicted molar refractivity (Wildman–Crippen MR) is 63.3 cm³/mol. The number of nitrogens with one attached hydrogen (secondary N) is 1. The van der Waals surface area contributed by atoms with Crippen LogP contribution in [0.2, 0.25) is 0 Å². The van der Waals surface area contributed by atoms with Crippen LogP contribution in [0.4, 0.5) is 5.69 Å². The fourth-order valence-corrected chi connectivity index (χ4v) is 1.91. The molecule has 0 bridgehead atoms. The fraction of sp³-hybridized carbons (Fsp3) is 0.385. The van der Waals surface area contributed by atoms with E-state index >= 15 is 0 Å². The van der Waals surface area contributed by atoms with Crippen molar-refractivity contribution in [1.29, 1.82) is 0 Å². The highest BCUT2D eigenvalue weighted by molar-refractivity contribution is 6.05. The van der Waals surface area contributed by atoms with Crippen molar-refractivity contribution in [3.05, 3.63) is 30.3 Å². The van der Waals surface area contributed by atoms with Crippen molar-refractivity contribution in [2.75, 3.05) is 5.32 Å². The molecule has 1 fully saturated rings. The zero-order chi connectivity index (χ0) is 12.5. The fourth-order valence-electron chi connectivity index (χ4n) is 1.91. The van der Waals surface area contributed by atoms with Crippen LogP contribution in [-0.4, -0.2) is 17.5 Å². The summed E-state index contributed by atoms with van der Waals surface area (Å²) in [6, 6.07) is 9.08. The molecule has 4 nitrogen and oxygen atoms in total. The van der Waals surface area contributed by atoms with Crippen molar-refractivity contribution < 1.29 is 14.3 Å². The number of cyclic esters (lactones) is 1. The van der Waals surface area contributed by atoms with E-state index in [0.717, 1.165) is 0 Å². The standard InChI is InChI=1S/C13H15NO3/c1-13(2)8-10(12(16)17-13)11(15)14-9-6-4-3-5-7-9/h3-7,10H,8H2,1-2H3,(H,14,15)/t10-/m1/s1. The van der Waals surface area contributed by atoms with Crippen LogP contribution in [0.25, 0.3) is 0 Å². The monoisotopic (exact) mass is 233 g/mol. The summed E-state index contributed by atoms with van der Waals surface area (Å²) in [6.45, 7) is 3.61. The number of rotatable bonds is 2. The number of para-hydroxylation sites is 1. The molecule has 1 heterocycles. The molecule has 17 heavy (non-hydrogen) atoms. The number of esters is 1. The van der Waals surface area contributed by atoms with Gasteiger partial charge in [0.1, 0.15) is 11.5 Å². The van der Waals surface area contributed by atoms with E-state index in [9.17, 15) is 9.59 Å². The number of anilines is 1. The Labute approximate surface area is 100.0 Å². The van der Waals surface area contributed by atoms with E-state index in [1.165, 1.54) is 0 Å². The van der Waals surface area contributed by atoms with E-state index < -0.39 is 17.5 Å². The number of hydrogen-bond acceptors (Lipinski definition) is 3. The zero-order valence-corrected chi connectivity index (χ0v) is 9.90. The summed E-state index contributed by atoms with van der Waals surface area (Å²) in [5.74, 6) is -1.44. The average molecular weight is 233 g/mol. The van der Waals surface area contributed by atoms with Gasteiger partial charge in [-0.25, -0.2) is 0 Å². The molecule has 1 amide bonds. The van der Waals surface area contributed by atoms with E-state index in [0.29, 0.717) is 12.1 Å². The van der Waals surface area contributed by atoms with Crippen LogP contribution >= 0.6 is 0 Å². The molecule has 0 spiro atoms. The summed E-state index contributed by atoms with van der Waals surface area (Å²) in [5.41, 5.74) is 0.144. The van der Waals surface area contributed by atoms with Crippen molar-refractivity contribution in [1.82, 2.24) is 0 Å². The van der Waals surface area contributed by atoms with Gasteiger partial charge in [0.15, 0.2) is 0 Å². The minimum Gasteiger partial charge on any atom is -0.459 e. The average Bonchev–Trinajstić information content (AvgIpc) is 2.54. The van der Waals surface area contributed by atoms with Gasteiger partial charge in [0.05, 0.1) is 0 Å². The minimum absolute atomic E-state index is 0.299. The summed E-state index contributed by atoms with van der Waals surface area (Å²) in [5, 5.41) is 2.71. The van der Waals surface area contributed by atoms with Crippen molar-refractivity contribution in [3.63, 3.8) is 0 Å². The topological polar surface area (TPSA) is 55.4 Å². The summed E-state index contributed by atoms with van der Waals surface area (Å²) in [4.78, 5) is 23.4. The molecule has 0 aromatic heterocycles. The van der Waals surface area contributed by atoms with Crippen molar-refractivity contribution >= 4 is 17.6 Å². The molecule has 1 atom stereocenters. The van der Waals surface area contributed by atoms with E-state index in [2.05, 4.69) is 5.32 Å². The molecule has 1 saturated heterocycles. The maximum absolute atomic E-state index is 11.9. The van der Waals surface area contributed by atoms with Gasteiger partial charge >= 0.3 is 5.97 Å². The lowest BCUT2D eigenvalue weighted by Crippen LogP contribution is -2.26. The largest absolute Gasteiger partial charge is 0.459 e. The number of benzene rings is 1. The molecule has 1 aromatic rings. The van der Waals surface area contributed by atoms with Crippen LogP contribution < -0.4 is 5.32 Å². The van der Waals surface area contributed by atoms with Crippen molar-refractivity contribution in [2.24, 2.45) is 5.92 Å². The summed E-state index contributed by atoms with van der Waals surface area (Å²) < 4.78 is 5.12. The van der Waals surface area contributed by atoms with Gasteiger partial charge in [-0.05, 0) is 26.0 Å². The van der Waals surface area contributed by atoms with Gasteiger partial charge in [-0.3, -0.25) is 9.59 Å². The number of carbonyl (C=O) groups is 2. The smallest absolute Gasteiger partial charge is 0.319 e. The summed E-state index contributed by atoms with van der Waals surface area (Å²) >= 11 is 0. The van der Waals surface area contributed by atoms with E-state index in [1.54, 1.807) is 26.0 Å². The third kappa shape index (κ3) is 2.64. The lowest BCUT2D eigenvalue weighted by Gasteiger charge is -2.14.